The first kappa shape index (κ1) is 34.5. The summed E-state index contributed by atoms with van der Waals surface area (Å²) in [5.41, 5.74) is 3.62. The van der Waals surface area contributed by atoms with Crippen LogP contribution < -0.4 is 0 Å². The van der Waals surface area contributed by atoms with Crippen molar-refractivity contribution in [2.45, 2.75) is 64.7 Å². The average Bonchev–Trinajstić information content (AvgIpc) is 3.06. The van der Waals surface area contributed by atoms with E-state index in [1.54, 1.807) is 18.2 Å². The smallest absolute Gasteiger partial charge is 0.305 e. The number of esters is 1. The lowest BCUT2D eigenvalue weighted by molar-refractivity contribution is -0.143. The fourth-order valence-corrected chi connectivity index (χ4v) is 6.98. The zero-order valence-corrected chi connectivity index (χ0v) is 28.0. The Bertz CT molecular complexity index is 1490. The molecule has 0 spiro atoms. The van der Waals surface area contributed by atoms with Gasteiger partial charge in [0.2, 0.25) is 0 Å². The summed E-state index contributed by atoms with van der Waals surface area (Å²) in [6.45, 7) is 12.8. The number of unbranched alkanes of at least 4 members (excludes halogenated alkanes) is 1. The van der Waals surface area contributed by atoms with Crippen LogP contribution in [0.3, 0.4) is 0 Å². The van der Waals surface area contributed by atoms with Gasteiger partial charge in [-0.15, -0.1) is 0 Å². The summed E-state index contributed by atoms with van der Waals surface area (Å²) in [4.78, 5) is 34.5. The predicted molar refractivity (Wildman–Crippen MR) is 182 cm³/mol. The highest BCUT2D eigenvalue weighted by Gasteiger charge is 2.35. The van der Waals surface area contributed by atoms with Crippen molar-refractivity contribution in [3.63, 3.8) is 0 Å². The van der Waals surface area contributed by atoms with E-state index in [1.807, 2.05) is 54.3 Å². The largest absolute Gasteiger partial charge is 0.508 e. The van der Waals surface area contributed by atoms with Gasteiger partial charge >= 0.3 is 5.97 Å². The minimum absolute atomic E-state index is 0.0322. The van der Waals surface area contributed by atoms with Crippen LogP contribution in [0.5, 0.6) is 5.75 Å². The molecule has 2 aliphatic heterocycles. The third-order valence-electron chi connectivity index (χ3n) is 9.47. The Morgan fingerprint density at radius 2 is 1.62 bits per heavy atom. The normalized spacial score (nSPS) is 20.2. The molecule has 3 atom stereocenters. The summed E-state index contributed by atoms with van der Waals surface area (Å²) >= 11 is 0. The van der Waals surface area contributed by atoms with Crippen LogP contribution in [0.1, 0.15) is 73.1 Å². The summed E-state index contributed by atoms with van der Waals surface area (Å²) < 4.78 is 18.9. The molecule has 1 amide bonds. The van der Waals surface area contributed by atoms with Gasteiger partial charge < -0.3 is 14.7 Å². The van der Waals surface area contributed by atoms with E-state index in [9.17, 15) is 19.1 Å². The van der Waals surface area contributed by atoms with Gasteiger partial charge in [0.15, 0.2) is 0 Å². The van der Waals surface area contributed by atoms with Crippen LogP contribution in [-0.2, 0) is 16.1 Å². The number of piperazine rings is 2. The summed E-state index contributed by atoms with van der Waals surface area (Å²) in [5, 5.41) is 10.5. The van der Waals surface area contributed by atoms with E-state index >= 15 is 0 Å². The predicted octanol–water partition coefficient (Wildman–Crippen LogP) is 5.71. The Balaban J connectivity index is 1.27. The molecule has 3 aromatic carbocycles. The minimum atomic E-state index is -0.218. The van der Waals surface area contributed by atoms with E-state index in [-0.39, 0.29) is 41.6 Å². The van der Waals surface area contributed by atoms with E-state index < -0.39 is 0 Å². The van der Waals surface area contributed by atoms with Gasteiger partial charge in [-0.2, -0.15) is 0 Å². The molecule has 0 bridgehead atoms. The number of ether oxygens (including phenoxy) is 1. The number of rotatable bonds is 12. The van der Waals surface area contributed by atoms with Gasteiger partial charge in [0.1, 0.15) is 11.6 Å². The van der Waals surface area contributed by atoms with Crippen LogP contribution >= 0.6 is 0 Å². The Kier molecular flexibility index (Phi) is 12.0. The molecule has 0 unspecified atom stereocenters. The van der Waals surface area contributed by atoms with E-state index in [0.717, 1.165) is 62.3 Å². The van der Waals surface area contributed by atoms with Gasteiger partial charge in [-0.25, -0.2) is 4.39 Å². The molecular weight excluding hydrogens is 595 g/mol. The number of phenolic OH excluding ortho intramolecular Hbond substituents is 1. The van der Waals surface area contributed by atoms with Crippen molar-refractivity contribution in [3.8, 4) is 5.75 Å². The number of aromatic hydroxyl groups is 1. The number of phenols is 1. The molecule has 0 aliphatic carbocycles. The quantitative estimate of drug-likeness (QED) is 0.200. The van der Waals surface area contributed by atoms with Crippen molar-refractivity contribution in [2.75, 3.05) is 52.4 Å². The van der Waals surface area contributed by atoms with E-state index in [1.165, 1.54) is 6.07 Å². The molecule has 8 nitrogen and oxygen atoms in total. The molecular formula is C38H49FN4O4. The van der Waals surface area contributed by atoms with Crippen LogP contribution in [0.4, 0.5) is 4.39 Å². The third kappa shape index (κ3) is 9.18. The Morgan fingerprint density at radius 1 is 0.894 bits per heavy atom. The Morgan fingerprint density at radius 3 is 2.34 bits per heavy atom. The molecule has 1 N–H and O–H groups in total. The zero-order valence-electron chi connectivity index (χ0n) is 28.0. The number of hydrogen-bond acceptors (Lipinski definition) is 7. The van der Waals surface area contributed by atoms with Crippen molar-refractivity contribution in [1.82, 2.24) is 19.6 Å². The maximum atomic E-state index is 13.9. The lowest BCUT2D eigenvalue weighted by atomic mass is 9.92. The fraction of sp³-hybridized carbons (Fsp3) is 0.474. The molecule has 2 saturated heterocycles. The second kappa shape index (κ2) is 16.4. The summed E-state index contributed by atoms with van der Waals surface area (Å²) in [7, 11) is 0. The lowest BCUT2D eigenvalue weighted by Crippen LogP contribution is -2.56. The van der Waals surface area contributed by atoms with Crippen molar-refractivity contribution in [2.24, 2.45) is 0 Å². The summed E-state index contributed by atoms with van der Waals surface area (Å²) in [6.07, 6.45) is 2.19. The molecule has 2 fully saturated rings. The number of amides is 1. The third-order valence-corrected chi connectivity index (χ3v) is 9.47. The average molecular weight is 645 g/mol. The molecule has 3 aromatic rings. The molecule has 5 rings (SSSR count). The van der Waals surface area contributed by atoms with Crippen molar-refractivity contribution >= 4 is 11.9 Å². The maximum absolute atomic E-state index is 13.9. The number of halogens is 1. The monoisotopic (exact) mass is 644 g/mol. The second-order valence-corrected chi connectivity index (χ2v) is 13.0. The van der Waals surface area contributed by atoms with E-state index in [2.05, 4.69) is 34.6 Å². The van der Waals surface area contributed by atoms with Crippen molar-refractivity contribution in [3.05, 3.63) is 101 Å². The van der Waals surface area contributed by atoms with E-state index in [0.29, 0.717) is 38.2 Å². The Labute approximate surface area is 278 Å². The first-order valence-electron chi connectivity index (χ1n) is 17.0. The molecule has 0 aromatic heterocycles. The van der Waals surface area contributed by atoms with Gasteiger partial charge in [-0.3, -0.25) is 24.3 Å². The topological polar surface area (TPSA) is 76.6 Å². The Hall–Kier alpha value is -3.79. The van der Waals surface area contributed by atoms with Crippen LogP contribution in [0, 0.1) is 5.82 Å². The molecule has 2 heterocycles. The molecule has 0 radical (unpaired) electrons. The molecule has 47 heavy (non-hydrogen) atoms. The number of hydrogen-bond donors (Lipinski definition) is 1. The highest BCUT2D eigenvalue weighted by Crippen LogP contribution is 2.35. The SMILES string of the molecule is CCOC(=O)CCCCN1CCN(C(=O)c2cccc([C@H](c3cccc(O)c3)N3C[C@@H](C)N(Cc4cccc(F)c4)C[C@@H]3C)c2)CC1. The lowest BCUT2D eigenvalue weighted by Gasteiger charge is -2.47. The molecule has 252 valence electrons. The van der Waals surface area contributed by atoms with Crippen LogP contribution in [0.2, 0.25) is 0 Å². The summed E-state index contributed by atoms with van der Waals surface area (Å²) in [6, 6.07) is 22.4. The van der Waals surface area contributed by atoms with Gasteiger partial charge in [0.25, 0.3) is 5.91 Å². The van der Waals surface area contributed by atoms with Gasteiger partial charge in [-0.05, 0) is 93.2 Å². The van der Waals surface area contributed by atoms with Crippen molar-refractivity contribution in [1.29, 1.82) is 0 Å². The van der Waals surface area contributed by atoms with Crippen LogP contribution in [0.15, 0.2) is 72.8 Å². The highest BCUT2D eigenvalue weighted by atomic mass is 19.1. The van der Waals surface area contributed by atoms with Crippen LogP contribution in [-0.4, -0.2) is 101 Å². The molecule has 0 saturated carbocycles. The zero-order chi connectivity index (χ0) is 33.3. The highest BCUT2D eigenvalue weighted by molar-refractivity contribution is 5.94. The first-order chi connectivity index (χ1) is 22.7. The second-order valence-electron chi connectivity index (χ2n) is 13.0. The number of carbonyl (C=O) groups excluding carboxylic acids is 2. The molecule has 2 aliphatic rings. The van der Waals surface area contributed by atoms with Gasteiger partial charge in [0.05, 0.1) is 12.6 Å². The van der Waals surface area contributed by atoms with Gasteiger partial charge in [0, 0.05) is 69.9 Å². The minimum Gasteiger partial charge on any atom is -0.508 e. The fourth-order valence-electron chi connectivity index (χ4n) is 6.98. The first-order valence-corrected chi connectivity index (χ1v) is 17.0. The molecule has 9 heteroatoms. The standard InChI is InChI=1S/C38H49FN4O4/c1-4-47-36(45)16-5-6-17-40-18-20-41(21-19-40)38(46)33-13-8-11-31(23-33)37(32-12-9-15-35(44)24-32)43-26-28(2)42(25-29(43)3)27-30-10-7-14-34(39)22-30/h7-15,22-24,28-29,37,44H,4-6,16-21,25-27H2,1-3H3/t28-,29+,37-/m1/s1. The van der Waals surface area contributed by atoms with Crippen molar-refractivity contribution < 1.29 is 23.8 Å². The number of benzene rings is 3. The number of nitrogens with zero attached hydrogens (tertiary/aromatic N) is 4. The number of carbonyl (C=O) groups is 2. The van der Waals surface area contributed by atoms with Crippen LogP contribution in [0.25, 0.3) is 0 Å². The maximum Gasteiger partial charge on any atom is 0.305 e. The summed E-state index contributed by atoms with van der Waals surface area (Å²) in [5.74, 6) is -0.109. The van der Waals surface area contributed by atoms with Gasteiger partial charge in [-0.1, -0.05) is 36.4 Å². The van der Waals surface area contributed by atoms with E-state index in [4.69, 9.17) is 4.74 Å².